The van der Waals surface area contributed by atoms with Crippen LogP contribution in [0.3, 0.4) is 0 Å². The Labute approximate surface area is 221 Å². The molecule has 2 heterocycles. The van der Waals surface area contributed by atoms with Crippen LogP contribution in [0.2, 0.25) is 0 Å². The Balaban J connectivity index is 0.000000757. The number of alkyl halides is 2. The highest BCUT2D eigenvalue weighted by Crippen LogP contribution is 2.19. The van der Waals surface area contributed by atoms with Crippen molar-refractivity contribution in [1.29, 1.82) is 5.26 Å². The summed E-state index contributed by atoms with van der Waals surface area (Å²) in [5, 5.41) is 10.7. The Bertz CT molecular complexity index is 1080. The highest BCUT2D eigenvalue weighted by Gasteiger charge is 2.21. The van der Waals surface area contributed by atoms with Gasteiger partial charge in [0.25, 0.3) is 12.3 Å². The van der Waals surface area contributed by atoms with Gasteiger partial charge >= 0.3 is 0 Å². The number of hydrogen-bond donors (Lipinski definition) is 1. The van der Waals surface area contributed by atoms with Gasteiger partial charge < -0.3 is 9.47 Å². The van der Waals surface area contributed by atoms with E-state index in [1.807, 2.05) is 6.07 Å². The third-order valence-electron chi connectivity index (χ3n) is 5.09. The summed E-state index contributed by atoms with van der Waals surface area (Å²) >= 11 is 0. The smallest absolute Gasteiger partial charge is 0.295 e. The lowest BCUT2D eigenvalue weighted by Crippen LogP contribution is -2.47. The van der Waals surface area contributed by atoms with Crippen LogP contribution in [0.5, 0.6) is 5.75 Å². The molecule has 0 atom stereocenters. The van der Waals surface area contributed by atoms with Crippen LogP contribution in [0.4, 0.5) is 14.6 Å². The summed E-state index contributed by atoms with van der Waals surface area (Å²) in [6.45, 7) is 12.3. The van der Waals surface area contributed by atoms with Crippen molar-refractivity contribution in [1.82, 2.24) is 20.3 Å². The minimum atomic E-state index is -2.79. The molecule has 206 valence electrons. The summed E-state index contributed by atoms with van der Waals surface area (Å²) in [5.74, 6) is -0.116. The quantitative estimate of drug-likeness (QED) is 0.486. The molecule has 1 aliphatic rings. The number of aromatic nitrogens is 2. The van der Waals surface area contributed by atoms with Crippen LogP contribution in [0.1, 0.15) is 43.9 Å². The number of nitrogens with zero attached hydrogens (tertiary/aromatic N) is 5. The van der Waals surface area contributed by atoms with Crippen LogP contribution in [0.15, 0.2) is 36.5 Å². The zero-order valence-electron chi connectivity index (χ0n) is 22.1. The number of nitrogens with one attached hydrogen (secondary N) is 1. The molecule has 1 aromatic heterocycles. The van der Waals surface area contributed by atoms with E-state index in [-0.39, 0.29) is 17.1 Å². The van der Waals surface area contributed by atoms with Crippen LogP contribution in [-0.2, 0) is 9.53 Å². The first-order chi connectivity index (χ1) is 18.0. The van der Waals surface area contributed by atoms with Gasteiger partial charge in [-0.1, -0.05) is 20.8 Å². The molecule has 0 radical (unpaired) electrons. The fourth-order valence-corrected chi connectivity index (χ4v) is 3.21. The first-order valence-corrected chi connectivity index (χ1v) is 12.1. The Morgan fingerprint density at radius 3 is 2.39 bits per heavy atom. The topological polar surface area (TPSA) is 121 Å². The summed E-state index contributed by atoms with van der Waals surface area (Å²) in [6.07, 6.45) is -1.28. The van der Waals surface area contributed by atoms with Gasteiger partial charge in [-0.3, -0.25) is 24.9 Å². The van der Waals surface area contributed by atoms with Gasteiger partial charge in [0.1, 0.15) is 18.4 Å². The molecule has 12 heteroatoms. The van der Waals surface area contributed by atoms with Crippen LogP contribution in [-0.4, -0.2) is 79.0 Å². The number of carbonyl (C=O) groups excluding carboxylic acids is 2. The molecular weight excluding hydrogens is 498 g/mol. The predicted octanol–water partition coefficient (Wildman–Crippen LogP) is 3.10. The molecule has 1 N–H and O–H groups in total. The van der Waals surface area contributed by atoms with Crippen molar-refractivity contribution in [2.24, 2.45) is 5.41 Å². The molecule has 2 aromatic rings. The van der Waals surface area contributed by atoms with E-state index in [0.717, 1.165) is 45.5 Å². The molecule has 0 aliphatic carbocycles. The average molecular weight is 533 g/mol. The second-order valence-corrected chi connectivity index (χ2v) is 9.68. The van der Waals surface area contributed by atoms with Crippen molar-refractivity contribution in [3.8, 4) is 11.8 Å². The number of hydrogen-bond acceptors (Lipinski definition) is 9. The van der Waals surface area contributed by atoms with E-state index >= 15 is 0 Å². The molecule has 10 nitrogen and oxygen atoms in total. The first kappa shape index (κ1) is 30.5. The maximum absolute atomic E-state index is 12.9. The number of morpholine rings is 1. The van der Waals surface area contributed by atoms with Crippen LogP contribution in [0, 0.1) is 16.7 Å². The Hall–Kier alpha value is -3.69. The molecule has 0 unspecified atom stereocenters. The number of benzene rings is 1. The van der Waals surface area contributed by atoms with Crippen molar-refractivity contribution in [2.45, 2.75) is 34.1 Å². The zero-order chi connectivity index (χ0) is 28.1. The molecule has 38 heavy (non-hydrogen) atoms. The fourth-order valence-electron chi connectivity index (χ4n) is 3.21. The van der Waals surface area contributed by atoms with Gasteiger partial charge in [0.15, 0.2) is 11.6 Å². The molecule has 0 saturated carbocycles. The summed E-state index contributed by atoms with van der Waals surface area (Å²) in [5.41, 5.74) is 3.28. The fraction of sp³-hybridized carbons (Fsp3) is 0.500. The largest absolute Gasteiger partial charge is 0.492 e. The summed E-state index contributed by atoms with van der Waals surface area (Å²) < 4.78 is 32.8. The molecule has 1 fully saturated rings. The van der Waals surface area contributed by atoms with Crippen molar-refractivity contribution in [3.63, 3.8) is 0 Å². The first-order valence-electron chi connectivity index (χ1n) is 12.1. The highest BCUT2D eigenvalue weighted by atomic mass is 19.3. The predicted molar refractivity (Wildman–Crippen MR) is 137 cm³/mol. The van der Waals surface area contributed by atoms with E-state index in [1.54, 1.807) is 35.3 Å². The van der Waals surface area contributed by atoms with Gasteiger partial charge in [0.2, 0.25) is 5.82 Å². The monoisotopic (exact) mass is 532 g/mol. The number of ketones is 1. The second-order valence-electron chi connectivity index (χ2n) is 9.68. The SMILES string of the molecule is CC(=O)C(F)F.CC(C)(C)CN(NC(=O)c1ccc(OCCN2CCOCC2)cc1)c1ccnc(C#N)n1. The molecule has 1 amide bonds. The minimum absolute atomic E-state index is 0.0502. The second kappa shape index (κ2) is 14.9. The summed E-state index contributed by atoms with van der Waals surface area (Å²) in [6, 6.07) is 10.6. The van der Waals surface area contributed by atoms with E-state index in [2.05, 4.69) is 41.1 Å². The van der Waals surface area contributed by atoms with Gasteiger partial charge in [-0.15, -0.1) is 0 Å². The third-order valence-corrected chi connectivity index (χ3v) is 5.09. The number of ether oxygens (including phenoxy) is 2. The van der Waals surface area contributed by atoms with Crippen LogP contribution in [0.25, 0.3) is 0 Å². The lowest BCUT2D eigenvalue weighted by molar-refractivity contribution is -0.127. The number of carbonyl (C=O) groups is 2. The average Bonchev–Trinajstić information content (AvgIpc) is 2.89. The molecule has 0 spiro atoms. The minimum Gasteiger partial charge on any atom is -0.492 e. The number of halogens is 2. The lowest BCUT2D eigenvalue weighted by atomic mass is 9.97. The molecule has 3 rings (SSSR count). The van der Waals surface area contributed by atoms with Crippen molar-refractivity contribution < 1.29 is 27.8 Å². The number of Topliss-reactive ketones (excluding diaryl/α,β-unsaturated/α-hetero) is 1. The normalized spacial score (nSPS) is 13.6. The molecular formula is C26H34F2N6O4. The highest BCUT2D eigenvalue weighted by molar-refractivity contribution is 5.95. The van der Waals surface area contributed by atoms with E-state index < -0.39 is 12.2 Å². The van der Waals surface area contributed by atoms with Crippen molar-refractivity contribution >= 4 is 17.5 Å². The Morgan fingerprint density at radius 2 is 1.84 bits per heavy atom. The van der Waals surface area contributed by atoms with Crippen molar-refractivity contribution in [2.75, 3.05) is 51.0 Å². The van der Waals surface area contributed by atoms with Gasteiger partial charge in [-0.2, -0.15) is 10.2 Å². The number of anilines is 1. The number of hydrazine groups is 1. The molecule has 1 aromatic carbocycles. The summed E-state index contributed by atoms with van der Waals surface area (Å²) in [7, 11) is 0. The Morgan fingerprint density at radius 1 is 1.21 bits per heavy atom. The van der Waals surface area contributed by atoms with E-state index in [9.17, 15) is 18.4 Å². The van der Waals surface area contributed by atoms with Gasteiger partial charge in [0, 0.05) is 50.9 Å². The van der Waals surface area contributed by atoms with E-state index in [4.69, 9.17) is 14.7 Å². The standard InChI is InChI=1S/C23H30N6O3.C3H4F2O/c1-23(2,3)17-29(21-8-9-25-20(16-24)26-21)27-22(30)18-4-6-19(7-5-18)32-15-12-28-10-13-31-14-11-28;1-2(6)3(4)5/h4-9H,10-15,17H2,1-3H3,(H,27,30);3H,1H3. The van der Waals surface area contributed by atoms with Gasteiger partial charge in [-0.05, 0) is 29.7 Å². The number of amides is 1. The Kier molecular flexibility index (Phi) is 12.0. The van der Waals surface area contributed by atoms with Crippen molar-refractivity contribution in [3.05, 3.63) is 47.9 Å². The van der Waals surface area contributed by atoms with E-state index in [1.165, 1.54) is 6.20 Å². The maximum Gasteiger partial charge on any atom is 0.295 e. The molecule has 0 bridgehead atoms. The molecule has 1 saturated heterocycles. The van der Waals surface area contributed by atoms with Crippen LogP contribution < -0.4 is 15.2 Å². The van der Waals surface area contributed by atoms with Crippen LogP contribution >= 0.6 is 0 Å². The lowest BCUT2D eigenvalue weighted by Gasteiger charge is -2.30. The van der Waals surface area contributed by atoms with Gasteiger partial charge in [-0.25, -0.2) is 13.8 Å². The number of rotatable bonds is 9. The van der Waals surface area contributed by atoms with E-state index in [0.29, 0.717) is 24.5 Å². The van der Waals surface area contributed by atoms with Gasteiger partial charge in [0.05, 0.1) is 13.2 Å². The maximum atomic E-state index is 12.9. The third kappa shape index (κ3) is 11.1. The zero-order valence-corrected chi connectivity index (χ0v) is 22.1. The summed E-state index contributed by atoms with van der Waals surface area (Å²) in [4.78, 5) is 32.7. The number of nitriles is 1. The molecule has 1 aliphatic heterocycles.